The molecule has 343 valence electrons. The Labute approximate surface area is 436 Å². The summed E-state index contributed by atoms with van der Waals surface area (Å²) >= 11 is -1.92. The van der Waals surface area contributed by atoms with Gasteiger partial charge in [-0.05, 0) is 43.4 Å². The van der Waals surface area contributed by atoms with Gasteiger partial charge in [0, 0.05) is 70.7 Å². The standard InChI is InChI=1S/C26H23N2OP.C26H21N2OP.3ClH.HI.2Ir/c2*1-27-20-28(26-18-9-8-17-25(26)27)21-11-10-16-24(19-21)30(29,22-12-4-2-5-13-22)23-14-6-3-7-15-23;;;;;;/h2-19H,20H2,1H3;2-10,12-20H,1H3;4*1H;;/q;-2;;;;;;+3/p-4. The molecule has 0 N–H and O–H groups in total. The van der Waals surface area contributed by atoms with Gasteiger partial charge in [-0.25, -0.2) is 0 Å². The van der Waals surface area contributed by atoms with Crippen LogP contribution in [0.15, 0.2) is 212 Å². The SMILES string of the molecule is CN1CN(c2cccc(P(=O)(c3ccccc3)c3ccccc3)c2)c2ccccc21.CN1[CH-]N(c2[c-]ccc(P(=O)(c3ccccc3)c3ccccc3)c2)c2ccccc21.[Cl][Ir]([Cl])[Cl].[I-].[Ir]. The van der Waals surface area contributed by atoms with Crippen molar-refractivity contribution in [2.24, 2.45) is 0 Å². The van der Waals surface area contributed by atoms with Crippen LogP contribution in [0.5, 0.6) is 0 Å². The van der Waals surface area contributed by atoms with E-state index in [2.05, 4.69) is 81.2 Å². The fourth-order valence-corrected chi connectivity index (χ4v) is 13.5. The third kappa shape index (κ3) is 11.1. The Morgan fingerprint density at radius 1 is 0.500 bits per heavy atom. The Kier molecular flexibility index (Phi) is 18.5. The predicted octanol–water partition coefficient (Wildman–Crippen LogP) is 8.77. The Morgan fingerprint density at radius 2 is 0.894 bits per heavy atom. The van der Waals surface area contributed by atoms with E-state index in [9.17, 15) is 9.13 Å². The summed E-state index contributed by atoms with van der Waals surface area (Å²) in [5.74, 6) is 0. The molecular formula is C52H44Cl3IIr2N4O2P2-3. The molecular weight excluding hydrogens is 1390 g/mol. The van der Waals surface area contributed by atoms with Crippen LogP contribution in [0.2, 0.25) is 0 Å². The molecule has 66 heavy (non-hydrogen) atoms. The monoisotopic (exact) mass is 1440 g/mol. The van der Waals surface area contributed by atoms with Crippen LogP contribution in [0.25, 0.3) is 0 Å². The number of halogens is 4. The molecule has 1 radical (unpaired) electrons. The number of para-hydroxylation sites is 4. The number of fused-ring (bicyclic) bond motifs is 2. The van der Waals surface area contributed by atoms with E-state index in [1.807, 2.05) is 178 Å². The van der Waals surface area contributed by atoms with Crippen LogP contribution in [0.1, 0.15) is 0 Å². The average Bonchev–Trinajstić information content (AvgIpc) is 3.88. The van der Waals surface area contributed by atoms with Crippen LogP contribution in [-0.4, -0.2) is 20.8 Å². The Hall–Kier alpha value is -3.68. The Morgan fingerprint density at radius 3 is 1.38 bits per heavy atom. The molecule has 0 saturated heterocycles. The van der Waals surface area contributed by atoms with Gasteiger partial charge in [-0.2, -0.15) is 24.9 Å². The van der Waals surface area contributed by atoms with Gasteiger partial charge in [0.1, 0.15) is 7.14 Å². The van der Waals surface area contributed by atoms with Gasteiger partial charge in [-0.15, -0.1) is 11.8 Å². The summed E-state index contributed by atoms with van der Waals surface area (Å²) in [7, 11) is 13.0. The predicted molar refractivity (Wildman–Crippen MR) is 271 cm³/mol. The smallest absolute Gasteiger partial charge is 0 e. The van der Waals surface area contributed by atoms with Gasteiger partial charge in [0.25, 0.3) is 0 Å². The van der Waals surface area contributed by atoms with E-state index in [4.69, 9.17) is 28.8 Å². The number of anilines is 6. The summed E-state index contributed by atoms with van der Waals surface area (Å²) in [4.78, 5) is 8.69. The number of hydrogen-bond donors (Lipinski definition) is 0. The fraction of sp³-hybridized carbons (Fsp3) is 0.0577. The van der Waals surface area contributed by atoms with Crippen molar-refractivity contribution in [1.82, 2.24) is 0 Å². The second-order valence-electron chi connectivity index (χ2n) is 15.0. The van der Waals surface area contributed by atoms with E-state index in [0.717, 1.165) is 61.2 Å². The molecule has 2 aliphatic rings. The van der Waals surface area contributed by atoms with Gasteiger partial charge in [-0.1, -0.05) is 163 Å². The first-order valence-electron chi connectivity index (χ1n) is 20.3. The first-order valence-corrected chi connectivity index (χ1v) is 32.6. The number of nitrogens with zero attached hydrogens (tertiary/aromatic N) is 4. The van der Waals surface area contributed by atoms with Gasteiger partial charge >= 0.3 is 42.2 Å². The quantitative estimate of drug-likeness (QED) is 0.0863. The van der Waals surface area contributed by atoms with Crippen LogP contribution in [-0.2, 0) is 42.7 Å². The van der Waals surface area contributed by atoms with Crippen LogP contribution in [0.3, 0.4) is 0 Å². The minimum absolute atomic E-state index is 0. The minimum atomic E-state index is -3.02. The molecule has 0 atom stereocenters. The summed E-state index contributed by atoms with van der Waals surface area (Å²) in [6, 6.07) is 73.1. The van der Waals surface area contributed by atoms with E-state index in [1.165, 1.54) is 11.4 Å². The molecule has 14 heteroatoms. The summed E-state index contributed by atoms with van der Waals surface area (Å²) in [5.41, 5.74) is 6.52. The van der Waals surface area contributed by atoms with E-state index in [1.54, 1.807) is 0 Å². The van der Waals surface area contributed by atoms with Crippen LogP contribution in [0, 0.1) is 12.7 Å². The molecule has 0 bridgehead atoms. The molecule has 0 spiro atoms. The van der Waals surface area contributed by atoms with E-state index < -0.39 is 27.7 Å². The van der Waals surface area contributed by atoms with Gasteiger partial charge in [-0.3, -0.25) is 0 Å². The fourth-order valence-electron chi connectivity index (χ4n) is 8.14. The van der Waals surface area contributed by atoms with E-state index in [0.29, 0.717) is 0 Å². The largest absolute Gasteiger partial charge is 1.00 e. The summed E-state index contributed by atoms with van der Waals surface area (Å²) < 4.78 is 29.3. The molecule has 2 heterocycles. The Bertz CT molecular complexity index is 2640. The molecule has 6 nitrogen and oxygen atoms in total. The number of benzene rings is 8. The summed E-state index contributed by atoms with van der Waals surface area (Å²) in [6.07, 6.45) is 0. The van der Waals surface area contributed by atoms with E-state index >= 15 is 0 Å². The van der Waals surface area contributed by atoms with Crippen LogP contribution < -0.4 is 75.4 Å². The first-order chi connectivity index (χ1) is 31.1. The Balaban J connectivity index is 0.000000196. The zero-order valence-electron chi connectivity index (χ0n) is 35.7. The number of hydrogen-bond acceptors (Lipinski definition) is 6. The van der Waals surface area contributed by atoms with Gasteiger partial charge in [0.2, 0.25) is 0 Å². The van der Waals surface area contributed by atoms with Crippen molar-refractivity contribution in [3.8, 4) is 0 Å². The van der Waals surface area contributed by atoms with Crippen molar-refractivity contribution in [1.29, 1.82) is 0 Å². The molecule has 8 aromatic carbocycles. The molecule has 0 aromatic heterocycles. The topological polar surface area (TPSA) is 47.1 Å². The molecule has 2 aliphatic heterocycles. The zero-order chi connectivity index (χ0) is 44.7. The average molecular weight is 1440 g/mol. The van der Waals surface area contributed by atoms with Crippen LogP contribution >= 0.6 is 43.0 Å². The molecule has 0 aliphatic carbocycles. The van der Waals surface area contributed by atoms with Crippen molar-refractivity contribution in [3.05, 3.63) is 225 Å². The molecule has 10 rings (SSSR count). The van der Waals surface area contributed by atoms with Crippen molar-refractivity contribution in [3.63, 3.8) is 0 Å². The molecule has 0 unspecified atom stereocenters. The third-order valence-electron chi connectivity index (χ3n) is 11.1. The van der Waals surface area contributed by atoms with Crippen LogP contribution in [0.4, 0.5) is 34.1 Å². The molecule has 0 fully saturated rings. The van der Waals surface area contributed by atoms with E-state index in [-0.39, 0.29) is 44.1 Å². The van der Waals surface area contributed by atoms with Crippen molar-refractivity contribution in [2.75, 3.05) is 40.4 Å². The first kappa shape index (κ1) is 51.7. The van der Waals surface area contributed by atoms with Crippen molar-refractivity contribution in [2.45, 2.75) is 0 Å². The summed E-state index contributed by atoms with van der Waals surface area (Å²) in [5, 5.41) is 5.02. The van der Waals surface area contributed by atoms with Gasteiger partial charge in [0.15, 0.2) is 7.14 Å². The second kappa shape index (κ2) is 23.6. The summed E-state index contributed by atoms with van der Waals surface area (Å²) in [6.45, 7) is 2.81. The maximum absolute atomic E-state index is 14.7. The normalized spacial score (nSPS) is 12.8. The minimum Gasteiger partial charge on any atom is -1.00 e. The second-order valence-corrected chi connectivity index (χ2v) is 30.9. The van der Waals surface area contributed by atoms with Gasteiger partial charge in [0.05, 0.1) is 18.0 Å². The molecule has 8 aromatic rings. The van der Waals surface area contributed by atoms with Crippen molar-refractivity contribution < 1.29 is 66.7 Å². The maximum atomic E-state index is 14.7. The molecule has 0 saturated carbocycles. The van der Waals surface area contributed by atoms with Crippen molar-refractivity contribution >= 4 is 109 Å². The zero-order valence-corrected chi connectivity index (χ0v) is 46.7. The number of rotatable bonds is 8. The maximum Gasteiger partial charge on any atom is 0 e. The third-order valence-corrected chi connectivity index (χ3v) is 17.2. The molecule has 0 amide bonds. The van der Waals surface area contributed by atoms with Gasteiger partial charge < -0.3 is 52.7 Å².